The largest absolute Gasteiger partial charge is 0.456 e. The second-order valence-electron chi connectivity index (χ2n) is 5.93. The highest BCUT2D eigenvalue weighted by molar-refractivity contribution is 5.88. The molecule has 0 radical (unpaired) electrons. The van der Waals surface area contributed by atoms with Crippen molar-refractivity contribution >= 4 is 11.8 Å². The predicted molar refractivity (Wildman–Crippen MR) is 79.9 cm³/mol. The van der Waals surface area contributed by atoms with Crippen LogP contribution >= 0.6 is 0 Å². The molecular formula is C17H24O5. The van der Waals surface area contributed by atoms with E-state index in [1.807, 2.05) is 6.92 Å². The van der Waals surface area contributed by atoms with Crippen molar-refractivity contribution in [2.45, 2.75) is 58.2 Å². The number of ketones is 1. The molecule has 0 aromatic carbocycles. The Hall–Kier alpha value is -1.38. The molecule has 0 aromatic rings. The zero-order chi connectivity index (χ0) is 16.1. The van der Waals surface area contributed by atoms with E-state index in [0.717, 1.165) is 19.3 Å². The summed E-state index contributed by atoms with van der Waals surface area (Å²) in [6, 6.07) is 0. The molecule has 1 saturated carbocycles. The average Bonchev–Trinajstić information content (AvgIpc) is 3.06. The summed E-state index contributed by atoms with van der Waals surface area (Å²) in [5, 5.41) is 0. The summed E-state index contributed by atoms with van der Waals surface area (Å²) in [5.74, 6) is 4.30. The fourth-order valence-corrected chi connectivity index (χ4v) is 3.28. The number of Topliss-reactive ketones (excluding diaryl/α,β-unsaturated/α-hetero) is 1. The topological polar surface area (TPSA) is 61.8 Å². The minimum atomic E-state index is -0.708. The van der Waals surface area contributed by atoms with Crippen LogP contribution < -0.4 is 0 Å². The smallest absolute Gasteiger partial charge is 0.384 e. The normalized spacial score (nSPS) is 26.0. The lowest BCUT2D eigenvalue weighted by Crippen LogP contribution is -2.46. The van der Waals surface area contributed by atoms with Crippen molar-refractivity contribution in [2.75, 3.05) is 19.8 Å². The maximum atomic E-state index is 12.3. The van der Waals surface area contributed by atoms with E-state index in [1.54, 1.807) is 6.92 Å². The Kier molecular flexibility index (Phi) is 5.60. The molecule has 22 heavy (non-hydrogen) atoms. The van der Waals surface area contributed by atoms with E-state index in [4.69, 9.17) is 14.2 Å². The lowest BCUT2D eigenvalue weighted by Gasteiger charge is -2.37. The van der Waals surface area contributed by atoms with E-state index >= 15 is 0 Å². The molecule has 1 unspecified atom stereocenters. The lowest BCUT2D eigenvalue weighted by atomic mass is 9.78. The van der Waals surface area contributed by atoms with E-state index in [0.29, 0.717) is 39.1 Å². The van der Waals surface area contributed by atoms with Gasteiger partial charge in [0.1, 0.15) is 5.78 Å². The number of hydrogen-bond acceptors (Lipinski definition) is 5. The molecule has 0 bridgehead atoms. The van der Waals surface area contributed by atoms with Gasteiger partial charge < -0.3 is 14.2 Å². The molecule has 5 nitrogen and oxygen atoms in total. The summed E-state index contributed by atoms with van der Waals surface area (Å²) < 4.78 is 16.3. The number of unbranched alkanes of at least 4 members (excludes halogenated alkanes) is 2. The van der Waals surface area contributed by atoms with E-state index in [-0.39, 0.29) is 5.78 Å². The van der Waals surface area contributed by atoms with Gasteiger partial charge in [0.25, 0.3) is 0 Å². The molecule has 1 aliphatic carbocycles. The van der Waals surface area contributed by atoms with Crippen LogP contribution in [0, 0.1) is 17.3 Å². The number of carbonyl (C=O) groups is 2. The van der Waals surface area contributed by atoms with E-state index in [2.05, 4.69) is 11.8 Å². The van der Waals surface area contributed by atoms with Gasteiger partial charge in [0.15, 0.2) is 5.79 Å². The summed E-state index contributed by atoms with van der Waals surface area (Å²) in [6.45, 7) is 5.18. The van der Waals surface area contributed by atoms with Crippen LogP contribution in [0.25, 0.3) is 0 Å². The molecule has 2 aliphatic rings. The predicted octanol–water partition coefficient (Wildman–Crippen LogP) is 2.23. The Morgan fingerprint density at radius 3 is 2.73 bits per heavy atom. The van der Waals surface area contributed by atoms with Crippen LogP contribution in [0.5, 0.6) is 0 Å². The highest BCUT2D eigenvalue weighted by Gasteiger charge is 2.60. The van der Waals surface area contributed by atoms with Gasteiger partial charge in [-0.1, -0.05) is 12.3 Å². The third-order valence-electron chi connectivity index (χ3n) is 4.59. The zero-order valence-electron chi connectivity index (χ0n) is 13.4. The number of ether oxygens (including phenoxy) is 3. The van der Waals surface area contributed by atoms with Crippen LogP contribution in [0.3, 0.4) is 0 Å². The number of rotatable bonds is 5. The zero-order valence-corrected chi connectivity index (χ0v) is 13.4. The van der Waals surface area contributed by atoms with Gasteiger partial charge in [0.05, 0.1) is 25.2 Å². The van der Waals surface area contributed by atoms with E-state index < -0.39 is 17.2 Å². The SMILES string of the molecule is CCOC(=O)C#CCCCCC1(C)C(=O)CCC12OCCO2. The van der Waals surface area contributed by atoms with Gasteiger partial charge in [-0.15, -0.1) is 0 Å². The summed E-state index contributed by atoms with van der Waals surface area (Å²) in [7, 11) is 0. The maximum absolute atomic E-state index is 12.3. The molecule has 5 heteroatoms. The third kappa shape index (κ3) is 3.34. The molecular weight excluding hydrogens is 284 g/mol. The average molecular weight is 308 g/mol. The highest BCUT2D eigenvalue weighted by atomic mass is 16.7. The fraction of sp³-hybridized carbons (Fsp3) is 0.765. The van der Waals surface area contributed by atoms with Crippen molar-refractivity contribution in [1.82, 2.24) is 0 Å². The molecule has 1 saturated heterocycles. The highest BCUT2D eigenvalue weighted by Crippen LogP contribution is 2.51. The third-order valence-corrected chi connectivity index (χ3v) is 4.59. The van der Waals surface area contributed by atoms with Gasteiger partial charge in [0, 0.05) is 25.2 Å². The number of hydrogen-bond donors (Lipinski definition) is 0. The fourth-order valence-electron chi connectivity index (χ4n) is 3.28. The second kappa shape index (κ2) is 7.26. The van der Waals surface area contributed by atoms with Crippen molar-refractivity contribution in [2.24, 2.45) is 5.41 Å². The Balaban J connectivity index is 1.80. The Bertz CT molecular complexity index is 481. The molecule has 1 heterocycles. The Morgan fingerprint density at radius 2 is 2.05 bits per heavy atom. The minimum absolute atomic E-state index is 0.229. The van der Waals surface area contributed by atoms with Crippen LogP contribution in [0.15, 0.2) is 0 Å². The van der Waals surface area contributed by atoms with Crippen molar-refractivity contribution in [3.05, 3.63) is 0 Å². The van der Waals surface area contributed by atoms with Crippen LogP contribution in [0.4, 0.5) is 0 Å². The molecule has 2 fully saturated rings. The molecule has 1 spiro atoms. The van der Waals surface area contributed by atoms with E-state index in [1.165, 1.54) is 0 Å². The van der Waals surface area contributed by atoms with Crippen molar-refractivity contribution in [1.29, 1.82) is 0 Å². The summed E-state index contributed by atoms with van der Waals surface area (Å²) in [4.78, 5) is 23.4. The Labute approximate surface area is 131 Å². The van der Waals surface area contributed by atoms with Crippen LogP contribution in [0.2, 0.25) is 0 Å². The first-order valence-corrected chi connectivity index (χ1v) is 8.01. The van der Waals surface area contributed by atoms with Crippen molar-refractivity contribution in [3.8, 4) is 11.8 Å². The van der Waals surface area contributed by atoms with Crippen LogP contribution in [-0.4, -0.2) is 37.4 Å². The molecule has 0 amide bonds. The van der Waals surface area contributed by atoms with Gasteiger partial charge >= 0.3 is 5.97 Å². The lowest BCUT2D eigenvalue weighted by molar-refractivity contribution is -0.216. The van der Waals surface area contributed by atoms with Gasteiger partial charge in [0.2, 0.25) is 0 Å². The van der Waals surface area contributed by atoms with Gasteiger partial charge in [-0.25, -0.2) is 4.79 Å². The van der Waals surface area contributed by atoms with Crippen LogP contribution in [0.1, 0.15) is 52.4 Å². The summed E-state index contributed by atoms with van der Waals surface area (Å²) in [5.41, 5.74) is -0.557. The number of esters is 1. The van der Waals surface area contributed by atoms with Crippen molar-refractivity contribution in [3.63, 3.8) is 0 Å². The first kappa shape index (κ1) is 17.0. The van der Waals surface area contributed by atoms with Gasteiger partial charge in [-0.3, -0.25) is 4.79 Å². The first-order chi connectivity index (χ1) is 10.5. The van der Waals surface area contributed by atoms with Gasteiger partial charge in [-0.2, -0.15) is 0 Å². The summed E-state index contributed by atoms with van der Waals surface area (Å²) in [6.07, 6.45) is 4.23. The minimum Gasteiger partial charge on any atom is -0.456 e. The maximum Gasteiger partial charge on any atom is 0.384 e. The van der Waals surface area contributed by atoms with Crippen molar-refractivity contribution < 1.29 is 23.8 Å². The Morgan fingerprint density at radius 1 is 1.32 bits per heavy atom. The molecule has 122 valence electrons. The van der Waals surface area contributed by atoms with E-state index in [9.17, 15) is 9.59 Å². The first-order valence-electron chi connectivity index (χ1n) is 8.01. The second-order valence-corrected chi connectivity index (χ2v) is 5.93. The molecule has 2 rings (SSSR count). The summed E-state index contributed by atoms with van der Waals surface area (Å²) >= 11 is 0. The molecule has 1 atom stereocenters. The van der Waals surface area contributed by atoms with Crippen LogP contribution in [-0.2, 0) is 23.8 Å². The quantitative estimate of drug-likeness (QED) is 0.337. The monoisotopic (exact) mass is 308 g/mol. The molecule has 0 aromatic heterocycles. The van der Waals surface area contributed by atoms with Gasteiger partial charge in [-0.05, 0) is 26.7 Å². The number of carbonyl (C=O) groups excluding carboxylic acids is 2. The molecule has 1 aliphatic heterocycles. The molecule has 0 N–H and O–H groups in total. The standard InChI is InChI=1S/C17H24O5/c1-3-20-15(19)8-6-4-5-7-10-16(2)14(18)9-11-17(16)21-12-13-22-17/h3-5,7,9-13H2,1-2H3.